The van der Waals surface area contributed by atoms with E-state index in [-0.39, 0.29) is 12.3 Å². The zero-order chi connectivity index (χ0) is 13.2. The van der Waals surface area contributed by atoms with Crippen LogP contribution in [0.3, 0.4) is 0 Å². The minimum Gasteiger partial charge on any atom is -0.493 e. The molecule has 0 saturated heterocycles. The normalized spacial score (nSPS) is 20.3. The molecule has 2 rings (SSSR count). The maximum atomic E-state index is 12.2. The first-order valence-electron chi connectivity index (χ1n) is 5.76. The fourth-order valence-electron chi connectivity index (χ4n) is 2.24. The molecule has 0 aromatic heterocycles. The van der Waals surface area contributed by atoms with Gasteiger partial charge in [-0.2, -0.15) is 13.2 Å². The van der Waals surface area contributed by atoms with Gasteiger partial charge < -0.3 is 4.74 Å². The van der Waals surface area contributed by atoms with Gasteiger partial charge in [0.05, 0.1) is 6.61 Å². The van der Waals surface area contributed by atoms with Crippen molar-refractivity contribution < 1.29 is 17.9 Å². The molecule has 2 unspecified atom stereocenters. The van der Waals surface area contributed by atoms with Crippen LogP contribution in [-0.2, 0) is 0 Å². The number of nitrogens with one attached hydrogen (secondary N) is 1. The van der Waals surface area contributed by atoms with Gasteiger partial charge in [0.15, 0.2) is 0 Å². The molecule has 0 spiro atoms. The summed E-state index contributed by atoms with van der Waals surface area (Å²) in [4.78, 5) is 0. The number of hydrogen-bond acceptors (Lipinski definition) is 3. The summed E-state index contributed by atoms with van der Waals surface area (Å²) in [6.07, 6.45) is -5.06. The van der Waals surface area contributed by atoms with Crippen LogP contribution in [0.1, 0.15) is 24.3 Å². The molecular formula is C12H15F3N2O. The van der Waals surface area contributed by atoms with Gasteiger partial charge in [-0.3, -0.25) is 11.3 Å². The van der Waals surface area contributed by atoms with Gasteiger partial charge in [0, 0.05) is 23.9 Å². The summed E-state index contributed by atoms with van der Waals surface area (Å²) in [6, 6.07) is 6.92. The zero-order valence-electron chi connectivity index (χ0n) is 9.70. The second kappa shape index (κ2) is 5.16. The highest BCUT2D eigenvalue weighted by Crippen LogP contribution is 2.37. The van der Waals surface area contributed by atoms with Crippen LogP contribution in [0.4, 0.5) is 13.2 Å². The third kappa shape index (κ3) is 2.94. The predicted octanol–water partition coefficient (Wildman–Crippen LogP) is 2.34. The van der Waals surface area contributed by atoms with Crippen LogP contribution in [0, 0.1) is 0 Å². The molecule has 0 bridgehead atoms. The Balaban J connectivity index is 2.06. The van der Waals surface area contributed by atoms with E-state index in [9.17, 15) is 13.2 Å². The third-order valence-corrected chi connectivity index (χ3v) is 3.18. The Hall–Kier alpha value is -1.27. The molecule has 1 aromatic carbocycles. The number of para-hydroxylation sites is 1. The molecule has 3 nitrogen and oxygen atoms in total. The number of alkyl halides is 3. The number of hydrazine groups is 1. The SMILES string of the molecule is NNC(CCC(F)(F)F)C1COc2ccccc21. The quantitative estimate of drug-likeness (QED) is 0.645. The molecule has 3 N–H and O–H groups in total. The molecule has 100 valence electrons. The van der Waals surface area contributed by atoms with Gasteiger partial charge in [0.2, 0.25) is 0 Å². The molecule has 0 saturated carbocycles. The number of halogens is 3. The molecule has 2 atom stereocenters. The van der Waals surface area contributed by atoms with Crippen molar-refractivity contribution >= 4 is 0 Å². The van der Waals surface area contributed by atoms with Crippen LogP contribution in [0.25, 0.3) is 0 Å². The molecule has 1 aliphatic rings. The fourth-order valence-corrected chi connectivity index (χ4v) is 2.24. The van der Waals surface area contributed by atoms with Crippen LogP contribution in [-0.4, -0.2) is 18.8 Å². The van der Waals surface area contributed by atoms with E-state index < -0.39 is 18.6 Å². The monoisotopic (exact) mass is 260 g/mol. The molecular weight excluding hydrogens is 245 g/mol. The summed E-state index contributed by atoms with van der Waals surface area (Å²) >= 11 is 0. The number of rotatable bonds is 4. The van der Waals surface area contributed by atoms with E-state index >= 15 is 0 Å². The smallest absolute Gasteiger partial charge is 0.389 e. The van der Waals surface area contributed by atoms with E-state index in [4.69, 9.17) is 10.6 Å². The van der Waals surface area contributed by atoms with E-state index in [1.54, 1.807) is 0 Å². The lowest BCUT2D eigenvalue weighted by Gasteiger charge is -2.22. The van der Waals surface area contributed by atoms with Gasteiger partial charge in [0.25, 0.3) is 0 Å². The number of ether oxygens (including phenoxy) is 1. The lowest BCUT2D eigenvalue weighted by molar-refractivity contribution is -0.137. The average Bonchev–Trinajstić information content (AvgIpc) is 2.73. The van der Waals surface area contributed by atoms with Gasteiger partial charge in [-0.25, -0.2) is 0 Å². The van der Waals surface area contributed by atoms with E-state index in [0.29, 0.717) is 6.61 Å². The molecule has 18 heavy (non-hydrogen) atoms. The molecule has 0 amide bonds. The van der Waals surface area contributed by atoms with Crippen molar-refractivity contribution in [1.29, 1.82) is 0 Å². The number of nitrogens with two attached hydrogens (primary N) is 1. The minimum absolute atomic E-state index is 0.0532. The first-order valence-corrected chi connectivity index (χ1v) is 5.76. The Bertz CT molecular complexity index is 409. The van der Waals surface area contributed by atoms with Crippen molar-refractivity contribution in [2.75, 3.05) is 6.61 Å². The molecule has 1 aliphatic heterocycles. The van der Waals surface area contributed by atoms with Gasteiger partial charge in [-0.05, 0) is 12.5 Å². The summed E-state index contributed by atoms with van der Waals surface area (Å²) < 4.78 is 42.2. The molecule has 6 heteroatoms. The second-order valence-electron chi connectivity index (χ2n) is 4.38. The van der Waals surface area contributed by atoms with Crippen molar-refractivity contribution in [2.24, 2.45) is 5.84 Å². The third-order valence-electron chi connectivity index (χ3n) is 3.18. The van der Waals surface area contributed by atoms with E-state index in [1.807, 2.05) is 24.3 Å². The van der Waals surface area contributed by atoms with E-state index in [1.165, 1.54) is 0 Å². The number of hydrogen-bond donors (Lipinski definition) is 2. The zero-order valence-corrected chi connectivity index (χ0v) is 9.70. The Labute approximate surface area is 103 Å². The van der Waals surface area contributed by atoms with Crippen LogP contribution < -0.4 is 16.0 Å². The summed E-state index contributed by atoms with van der Waals surface area (Å²) in [5.74, 6) is 5.97. The predicted molar refractivity (Wildman–Crippen MR) is 61.1 cm³/mol. The van der Waals surface area contributed by atoms with Crippen molar-refractivity contribution in [3.05, 3.63) is 29.8 Å². The maximum Gasteiger partial charge on any atom is 0.389 e. The second-order valence-corrected chi connectivity index (χ2v) is 4.38. The Morgan fingerprint density at radius 2 is 2.11 bits per heavy atom. The lowest BCUT2D eigenvalue weighted by atomic mass is 9.91. The standard InChI is InChI=1S/C12H15F3N2O/c13-12(14,15)6-5-10(17-16)9-7-18-11-4-2-1-3-8(9)11/h1-4,9-10,17H,5-7,16H2. The summed E-state index contributed by atoms with van der Waals surface area (Å²) in [7, 11) is 0. The number of benzene rings is 1. The van der Waals surface area contributed by atoms with Crippen LogP contribution in [0.2, 0.25) is 0 Å². The Kier molecular flexibility index (Phi) is 3.77. The van der Waals surface area contributed by atoms with Crippen molar-refractivity contribution in [1.82, 2.24) is 5.43 Å². The largest absolute Gasteiger partial charge is 0.493 e. The summed E-state index contributed by atoms with van der Waals surface area (Å²) in [6.45, 7) is 0.367. The molecule has 0 fully saturated rings. The Morgan fingerprint density at radius 1 is 1.39 bits per heavy atom. The maximum absolute atomic E-state index is 12.2. The minimum atomic E-state index is -4.16. The summed E-state index contributed by atoms with van der Waals surface area (Å²) in [5.41, 5.74) is 3.40. The van der Waals surface area contributed by atoms with E-state index in [0.717, 1.165) is 11.3 Å². The molecule has 0 aliphatic carbocycles. The summed E-state index contributed by atoms with van der Waals surface area (Å²) in [5, 5.41) is 0. The van der Waals surface area contributed by atoms with Crippen molar-refractivity contribution in [3.8, 4) is 5.75 Å². The highest BCUT2D eigenvalue weighted by Gasteiger charge is 2.34. The first-order chi connectivity index (χ1) is 8.51. The van der Waals surface area contributed by atoms with Crippen LogP contribution in [0.15, 0.2) is 24.3 Å². The lowest BCUT2D eigenvalue weighted by Crippen LogP contribution is -2.41. The topological polar surface area (TPSA) is 47.3 Å². The van der Waals surface area contributed by atoms with Crippen molar-refractivity contribution in [2.45, 2.75) is 31.0 Å². The van der Waals surface area contributed by atoms with Crippen molar-refractivity contribution in [3.63, 3.8) is 0 Å². The fraction of sp³-hybridized carbons (Fsp3) is 0.500. The van der Waals surface area contributed by atoms with Crippen LogP contribution >= 0.6 is 0 Å². The molecule has 1 heterocycles. The highest BCUT2D eigenvalue weighted by molar-refractivity contribution is 5.40. The molecule has 0 radical (unpaired) electrons. The number of fused-ring (bicyclic) bond motifs is 1. The van der Waals surface area contributed by atoms with Crippen LogP contribution in [0.5, 0.6) is 5.75 Å². The highest BCUT2D eigenvalue weighted by atomic mass is 19.4. The Morgan fingerprint density at radius 3 is 2.78 bits per heavy atom. The average molecular weight is 260 g/mol. The van der Waals surface area contributed by atoms with Gasteiger partial charge >= 0.3 is 6.18 Å². The van der Waals surface area contributed by atoms with Gasteiger partial charge in [-0.1, -0.05) is 18.2 Å². The van der Waals surface area contributed by atoms with Gasteiger partial charge in [-0.15, -0.1) is 0 Å². The van der Waals surface area contributed by atoms with E-state index in [2.05, 4.69) is 5.43 Å². The molecule has 1 aromatic rings. The first kappa shape index (κ1) is 13.2. The van der Waals surface area contributed by atoms with Gasteiger partial charge in [0.1, 0.15) is 5.75 Å².